The van der Waals surface area contributed by atoms with Gasteiger partial charge in [0, 0.05) is 11.6 Å². The molecule has 0 fully saturated rings. The number of nitro groups is 1. The molecule has 122 valence electrons. The van der Waals surface area contributed by atoms with Crippen molar-refractivity contribution in [3.05, 3.63) is 58.1 Å². The molecule has 2 aromatic rings. The first kappa shape index (κ1) is 15.6. The predicted molar refractivity (Wildman–Crippen MR) is 86.9 cm³/mol. The Labute approximate surface area is 137 Å². The molecule has 1 aliphatic heterocycles. The molecule has 1 heterocycles. The highest BCUT2D eigenvalue weighted by Crippen LogP contribution is 2.27. The maximum absolute atomic E-state index is 12.0. The van der Waals surface area contributed by atoms with Crippen molar-refractivity contribution in [3.63, 3.8) is 0 Å². The quantitative estimate of drug-likeness (QED) is 0.435. The number of anilines is 2. The van der Waals surface area contributed by atoms with E-state index < -0.39 is 21.5 Å². The third-order valence-corrected chi connectivity index (χ3v) is 4.02. The molecular formula is C14H10N4O5S. The lowest BCUT2D eigenvalue weighted by Gasteiger charge is -2.03. The summed E-state index contributed by atoms with van der Waals surface area (Å²) in [5.41, 5.74) is 3.08. The normalized spacial score (nSPS) is 14.5. The molecule has 0 aliphatic carbocycles. The molecule has 9 nitrogen and oxygen atoms in total. The van der Waals surface area contributed by atoms with Crippen LogP contribution in [-0.2, 0) is 15.5 Å². The number of nitro benzene ring substituents is 1. The summed E-state index contributed by atoms with van der Waals surface area (Å²) in [4.78, 5) is 22.4. The number of hydrazone groups is 1. The van der Waals surface area contributed by atoms with Gasteiger partial charge in [0.2, 0.25) is 0 Å². The Morgan fingerprint density at radius 3 is 2.62 bits per heavy atom. The van der Waals surface area contributed by atoms with Gasteiger partial charge in [0.1, 0.15) is 5.69 Å². The molecule has 1 amide bonds. The van der Waals surface area contributed by atoms with Gasteiger partial charge in [-0.05, 0) is 24.3 Å². The van der Waals surface area contributed by atoms with Crippen molar-refractivity contribution in [2.24, 2.45) is 5.10 Å². The predicted octanol–water partition coefficient (Wildman–Crippen LogP) is 1.33. The zero-order chi connectivity index (χ0) is 17.3. The van der Waals surface area contributed by atoms with Crippen LogP contribution in [0.3, 0.4) is 0 Å². The molecule has 0 bridgehead atoms. The second kappa shape index (κ2) is 6.08. The lowest BCUT2D eigenvalue weighted by atomic mass is 10.1. The summed E-state index contributed by atoms with van der Waals surface area (Å²) in [5, 5.41) is 17.4. The van der Waals surface area contributed by atoms with Crippen LogP contribution in [0.2, 0.25) is 0 Å². The molecule has 24 heavy (non-hydrogen) atoms. The van der Waals surface area contributed by atoms with Crippen LogP contribution in [0.1, 0.15) is 5.56 Å². The van der Waals surface area contributed by atoms with Crippen LogP contribution in [0.4, 0.5) is 17.1 Å². The maximum atomic E-state index is 12.0. The van der Waals surface area contributed by atoms with Crippen molar-refractivity contribution < 1.29 is 18.1 Å². The van der Waals surface area contributed by atoms with Crippen molar-refractivity contribution in [1.29, 1.82) is 0 Å². The van der Waals surface area contributed by atoms with Crippen molar-refractivity contribution in [1.82, 2.24) is 0 Å². The van der Waals surface area contributed by atoms with Gasteiger partial charge in [0.15, 0.2) is 16.4 Å². The number of benzene rings is 2. The third-order valence-electron chi connectivity index (χ3n) is 3.32. The Kier molecular flexibility index (Phi) is 3.96. The van der Waals surface area contributed by atoms with E-state index in [0.29, 0.717) is 11.3 Å². The number of hydrogen-bond donors (Lipinski definition) is 3. The number of carbonyl (C=O) groups excluding carboxylic acids is 1. The number of rotatable bonds is 4. The number of thiol groups is 1. The maximum Gasteiger partial charge on any atom is 0.294 e. The summed E-state index contributed by atoms with van der Waals surface area (Å²) in [5.74, 6) is -0.533. The van der Waals surface area contributed by atoms with Crippen LogP contribution in [0.15, 0.2) is 52.5 Å². The lowest BCUT2D eigenvalue weighted by molar-refractivity contribution is -0.384. The fraction of sp³-hybridized carbons (Fsp3) is 0. The lowest BCUT2D eigenvalue weighted by Crippen LogP contribution is -2.16. The van der Waals surface area contributed by atoms with Crippen LogP contribution < -0.4 is 10.7 Å². The van der Waals surface area contributed by atoms with E-state index in [9.17, 15) is 23.3 Å². The van der Waals surface area contributed by atoms with Gasteiger partial charge in [0.05, 0.1) is 15.5 Å². The van der Waals surface area contributed by atoms with Crippen LogP contribution in [0.25, 0.3) is 0 Å². The highest BCUT2D eigenvalue weighted by molar-refractivity contribution is 7.72. The fourth-order valence-electron chi connectivity index (χ4n) is 2.21. The number of carbonyl (C=O) groups is 1. The number of nitrogens with zero attached hydrogens (tertiary/aromatic N) is 2. The molecule has 0 radical (unpaired) electrons. The number of amides is 1. The minimum Gasteiger partial charge on any atom is -0.320 e. The van der Waals surface area contributed by atoms with Gasteiger partial charge in [-0.3, -0.25) is 20.3 Å². The molecule has 0 atom stereocenters. The Bertz CT molecular complexity index is 959. The summed E-state index contributed by atoms with van der Waals surface area (Å²) < 4.78 is 22.2. The molecule has 10 heteroatoms. The largest absolute Gasteiger partial charge is 0.320 e. The molecular weight excluding hydrogens is 336 g/mol. The summed E-state index contributed by atoms with van der Waals surface area (Å²) in [7, 11) is -2.81. The Morgan fingerprint density at radius 2 is 1.92 bits per heavy atom. The highest BCUT2D eigenvalue weighted by Gasteiger charge is 2.27. The molecule has 0 unspecified atom stereocenters. The average Bonchev–Trinajstić information content (AvgIpc) is 2.87. The molecule has 0 saturated heterocycles. The van der Waals surface area contributed by atoms with E-state index in [-0.39, 0.29) is 22.0 Å². The van der Waals surface area contributed by atoms with Crippen molar-refractivity contribution in [2.75, 3.05) is 10.7 Å². The molecule has 3 rings (SSSR count). The fourth-order valence-corrected chi connectivity index (χ4v) is 2.64. The van der Waals surface area contributed by atoms with E-state index >= 15 is 0 Å². The Hall–Kier alpha value is -3.27. The van der Waals surface area contributed by atoms with Gasteiger partial charge in [-0.1, -0.05) is 12.1 Å². The van der Waals surface area contributed by atoms with E-state index in [2.05, 4.69) is 15.8 Å². The van der Waals surface area contributed by atoms with E-state index in [1.54, 1.807) is 6.07 Å². The molecule has 0 saturated carbocycles. The summed E-state index contributed by atoms with van der Waals surface area (Å²) >= 11 is 0. The van der Waals surface area contributed by atoms with Gasteiger partial charge < -0.3 is 5.32 Å². The smallest absolute Gasteiger partial charge is 0.294 e. The number of fused-ring (bicyclic) bond motifs is 1. The van der Waals surface area contributed by atoms with Crippen molar-refractivity contribution >= 4 is 39.4 Å². The van der Waals surface area contributed by atoms with E-state index in [0.717, 1.165) is 0 Å². The van der Waals surface area contributed by atoms with E-state index in [1.807, 2.05) is 0 Å². The van der Waals surface area contributed by atoms with Crippen LogP contribution >= 0.6 is 0 Å². The highest BCUT2D eigenvalue weighted by atomic mass is 32.2. The second-order valence-electron chi connectivity index (χ2n) is 4.79. The second-order valence-corrected chi connectivity index (χ2v) is 5.82. The molecule has 2 N–H and O–H groups in total. The molecule has 0 spiro atoms. The van der Waals surface area contributed by atoms with Crippen LogP contribution in [0.5, 0.6) is 0 Å². The third kappa shape index (κ3) is 2.82. The topological polar surface area (TPSA) is 131 Å². The molecule has 2 aromatic carbocycles. The van der Waals surface area contributed by atoms with Gasteiger partial charge in [-0.2, -0.15) is 5.10 Å². The van der Waals surface area contributed by atoms with Crippen LogP contribution in [-0.4, -0.2) is 25.0 Å². The monoisotopic (exact) mass is 346 g/mol. The minimum atomic E-state index is -2.81. The number of para-hydroxylation sites is 2. The first-order chi connectivity index (χ1) is 11.5. The van der Waals surface area contributed by atoms with Crippen LogP contribution in [0, 0.1) is 10.1 Å². The zero-order valence-electron chi connectivity index (χ0n) is 11.9. The molecule has 1 aliphatic rings. The van der Waals surface area contributed by atoms with E-state index in [1.165, 1.54) is 36.4 Å². The standard InChI is InChI=1S/C14H10N4O5S/c19-14-13(9-7-8(24(22)23)5-6-10(9)15-14)17-16-11-3-1-2-4-12(11)18(20)21/h1-7,16,24H,(H,15,17,19). The zero-order valence-corrected chi connectivity index (χ0v) is 12.8. The van der Waals surface area contributed by atoms with Gasteiger partial charge >= 0.3 is 0 Å². The summed E-state index contributed by atoms with van der Waals surface area (Å²) in [6.07, 6.45) is 0. The van der Waals surface area contributed by atoms with Crippen molar-refractivity contribution in [2.45, 2.75) is 4.90 Å². The Morgan fingerprint density at radius 1 is 1.17 bits per heavy atom. The summed E-state index contributed by atoms with van der Waals surface area (Å²) in [6.45, 7) is 0. The first-order valence-electron chi connectivity index (χ1n) is 6.64. The van der Waals surface area contributed by atoms with Crippen molar-refractivity contribution in [3.8, 4) is 0 Å². The minimum absolute atomic E-state index is 0.0404. The Balaban J connectivity index is 1.99. The van der Waals surface area contributed by atoms with E-state index in [4.69, 9.17) is 0 Å². The summed E-state index contributed by atoms with van der Waals surface area (Å²) in [6, 6.07) is 9.97. The number of nitrogens with one attached hydrogen (secondary N) is 2. The molecule has 0 aromatic heterocycles. The van der Waals surface area contributed by atoms with Gasteiger partial charge in [0.25, 0.3) is 11.6 Å². The first-order valence-corrected chi connectivity index (χ1v) is 7.82. The average molecular weight is 346 g/mol. The SMILES string of the molecule is O=C1Nc2ccc([SH](=O)=O)cc2/C1=N\Nc1ccccc1[N+](=O)[O-]. The van der Waals surface area contributed by atoms with Gasteiger partial charge in [-0.25, -0.2) is 8.42 Å². The number of hydrogen-bond acceptors (Lipinski definition) is 7. The van der Waals surface area contributed by atoms with Gasteiger partial charge in [-0.15, -0.1) is 0 Å².